The summed E-state index contributed by atoms with van der Waals surface area (Å²) in [5, 5.41) is 4.50. The van der Waals surface area contributed by atoms with Gasteiger partial charge in [0, 0.05) is 21.8 Å². The van der Waals surface area contributed by atoms with Crippen LogP contribution in [0.4, 0.5) is 5.00 Å². The first-order valence-electron chi connectivity index (χ1n) is 12.2. The number of aliphatic imine (C=N–C) groups is 1. The SMILES string of the molecule is CC(C)(C)[C@@H]1CCc2c(sc(N=Cc3cccn3-c3ccc(Cl)cc3)c2C(=O)NCc2ccco2)C1. The van der Waals surface area contributed by atoms with Crippen LogP contribution >= 0.6 is 22.9 Å². The number of carbonyl (C=O) groups excluding carboxylic acids is 1. The second-order valence-corrected chi connectivity index (χ2v) is 11.8. The molecule has 5 rings (SSSR count). The van der Waals surface area contributed by atoms with Crippen LogP contribution in [-0.2, 0) is 19.4 Å². The van der Waals surface area contributed by atoms with Gasteiger partial charge in [0.25, 0.3) is 5.91 Å². The van der Waals surface area contributed by atoms with Crippen LogP contribution < -0.4 is 5.32 Å². The van der Waals surface area contributed by atoms with Gasteiger partial charge in [0.15, 0.2) is 0 Å². The zero-order valence-corrected chi connectivity index (χ0v) is 22.3. The molecule has 0 saturated heterocycles. The summed E-state index contributed by atoms with van der Waals surface area (Å²) in [4.78, 5) is 19.6. The number of nitrogens with one attached hydrogen (secondary N) is 1. The molecule has 0 saturated carbocycles. The van der Waals surface area contributed by atoms with Gasteiger partial charge in [-0.15, -0.1) is 11.3 Å². The average molecular weight is 520 g/mol. The lowest BCUT2D eigenvalue weighted by molar-refractivity contribution is 0.0947. The van der Waals surface area contributed by atoms with E-state index < -0.39 is 0 Å². The Hall–Kier alpha value is -3.09. The summed E-state index contributed by atoms with van der Waals surface area (Å²) in [7, 11) is 0. The number of furan rings is 1. The first-order valence-corrected chi connectivity index (χ1v) is 13.4. The maximum atomic E-state index is 13.4. The quantitative estimate of drug-likeness (QED) is 0.266. The van der Waals surface area contributed by atoms with E-state index in [0.29, 0.717) is 23.0 Å². The summed E-state index contributed by atoms with van der Waals surface area (Å²) in [6.45, 7) is 7.26. The molecule has 7 heteroatoms. The smallest absolute Gasteiger partial charge is 0.255 e. The van der Waals surface area contributed by atoms with Crippen molar-refractivity contribution < 1.29 is 9.21 Å². The number of thiophene rings is 1. The molecule has 0 aliphatic heterocycles. The Balaban J connectivity index is 1.47. The van der Waals surface area contributed by atoms with Gasteiger partial charge in [0.2, 0.25) is 0 Å². The number of carbonyl (C=O) groups is 1. The number of halogens is 1. The first kappa shape index (κ1) is 24.6. The van der Waals surface area contributed by atoms with Gasteiger partial charge < -0.3 is 14.3 Å². The van der Waals surface area contributed by atoms with Crippen molar-refractivity contribution in [1.29, 1.82) is 0 Å². The molecular formula is C29H30ClN3O2S. The molecule has 1 aliphatic carbocycles. The Morgan fingerprint density at radius 1 is 1.22 bits per heavy atom. The van der Waals surface area contributed by atoms with E-state index in [9.17, 15) is 4.79 Å². The molecule has 0 fully saturated rings. The van der Waals surface area contributed by atoms with Crippen molar-refractivity contribution in [3.05, 3.63) is 93.5 Å². The van der Waals surface area contributed by atoms with Gasteiger partial charge >= 0.3 is 0 Å². The largest absolute Gasteiger partial charge is 0.467 e. The van der Waals surface area contributed by atoms with Crippen molar-refractivity contribution in [3.63, 3.8) is 0 Å². The summed E-state index contributed by atoms with van der Waals surface area (Å²) in [6.07, 6.45) is 8.42. The predicted octanol–water partition coefficient (Wildman–Crippen LogP) is 7.62. The van der Waals surface area contributed by atoms with Crippen molar-refractivity contribution in [2.75, 3.05) is 0 Å². The van der Waals surface area contributed by atoms with Crippen LogP contribution in [0.15, 0.2) is 70.4 Å². The molecule has 1 N–H and O–H groups in total. The fourth-order valence-electron chi connectivity index (χ4n) is 4.77. The van der Waals surface area contributed by atoms with Gasteiger partial charge in [-0.2, -0.15) is 0 Å². The fraction of sp³-hybridized carbons (Fsp3) is 0.310. The Bertz CT molecular complexity index is 1380. The zero-order chi connectivity index (χ0) is 25.3. The minimum atomic E-state index is -0.0988. The lowest BCUT2D eigenvalue weighted by atomic mass is 9.72. The topological polar surface area (TPSA) is 59.5 Å². The highest BCUT2D eigenvalue weighted by molar-refractivity contribution is 7.16. The molecule has 0 spiro atoms. The van der Waals surface area contributed by atoms with Crippen LogP contribution in [0, 0.1) is 11.3 Å². The number of nitrogens with zero attached hydrogens (tertiary/aromatic N) is 2. The Morgan fingerprint density at radius 3 is 2.75 bits per heavy atom. The van der Waals surface area contributed by atoms with E-state index in [-0.39, 0.29) is 11.3 Å². The predicted molar refractivity (Wildman–Crippen MR) is 147 cm³/mol. The molecule has 1 atom stereocenters. The number of benzene rings is 1. The first-order chi connectivity index (χ1) is 17.3. The highest BCUT2D eigenvalue weighted by Gasteiger charge is 2.33. The van der Waals surface area contributed by atoms with E-state index >= 15 is 0 Å². The summed E-state index contributed by atoms with van der Waals surface area (Å²) in [5.41, 5.74) is 4.01. The van der Waals surface area contributed by atoms with Gasteiger partial charge in [-0.3, -0.25) is 4.79 Å². The van der Waals surface area contributed by atoms with Crippen LogP contribution in [0.5, 0.6) is 0 Å². The minimum Gasteiger partial charge on any atom is -0.467 e. The third-order valence-electron chi connectivity index (χ3n) is 6.90. The van der Waals surface area contributed by atoms with Crippen LogP contribution in [-0.4, -0.2) is 16.7 Å². The normalized spacial score (nSPS) is 15.8. The standard InChI is InChI=1S/C29H30ClN3O2S/c1-29(2,3)19-8-13-24-25(16-19)36-28(26(24)27(34)31-18-23-7-5-15-35-23)32-17-22-6-4-14-33(22)21-11-9-20(30)10-12-21/h4-7,9-12,14-15,17,19H,8,13,16,18H2,1-3H3,(H,31,34)/t19-/m1/s1. The molecule has 186 valence electrons. The van der Waals surface area contributed by atoms with Gasteiger partial charge in [-0.1, -0.05) is 32.4 Å². The number of hydrogen-bond acceptors (Lipinski definition) is 4. The van der Waals surface area contributed by atoms with E-state index in [1.807, 2.05) is 60.9 Å². The molecule has 1 amide bonds. The molecular weight excluding hydrogens is 490 g/mol. The number of amides is 1. The highest BCUT2D eigenvalue weighted by Crippen LogP contribution is 2.45. The number of hydrogen-bond donors (Lipinski definition) is 1. The van der Waals surface area contributed by atoms with Crippen molar-refractivity contribution >= 4 is 40.1 Å². The third kappa shape index (κ3) is 5.20. The highest BCUT2D eigenvalue weighted by atomic mass is 35.5. The van der Waals surface area contributed by atoms with Crippen molar-refractivity contribution in [2.45, 2.75) is 46.6 Å². The van der Waals surface area contributed by atoms with Crippen molar-refractivity contribution in [1.82, 2.24) is 9.88 Å². The van der Waals surface area contributed by atoms with E-state index in [1.165, 1.54) is 4.88 Å². The van der Waals surface area contributed by atoms with Crippen LogP contribution in [0.2, 0.25) is 5.02 Å². The summed E-state index contributed by atoms with van der Waals surface area (Å²) in [5.74, 6) is 1.21. The van der Waals surface area contributed by atoms with Gasteiger partial charge in [0.05, 0.1) is 30.3 Å². The lowest BCUT2D eigenvalue weighted by Crippen LogP contribution is -2.28. The zero-order valence-electron chi connectivity index (χ0n) is 20.8. The number of rotatable bonds is 6. The number of aromatic nitrogens is 1. The summed E-state index contributed by atoms with van der Waals surface area (Å²) in [6, 6.07) is 15.4. The summed E-state index contributed by atoms with van der Waals surface area (Å²) < 4.78 is 7.46. The van der Waals surface area contributed by atoms with Gasteiger partial charge in [-0.25, -0.2) is 4.99 Å². The van der Waals surface area contributed by atoms with Crippen molar-refractivity contribution in [3.8, 4) is 5.69 Å². The Labute approximate surface area is 220 Å². The molecule has 3 aromatic heterocycles. The number of fused-ring (bicyclic) bond motifs is 1. The molecule has 0 radical (unpaired) electrons. The monoisotopic (exact) mass is 519 g/mol. The maximum Gasteiger partial charge on any atom is 0.255 e. The second-order valence-electron chi connectivity index (χ2n) is 10.3. The Morgan fingerprint density at radius 2 is 2.03 bits per heavy atom. The second kappa shape index (κ2) is 10.1. The molecule has 1 aliphatic rings. The molecule has 0 unspecified atom stereocenters. The third-order valence-corrected chi connectivity index (χ3v) is 8.32. The molecule has 0 bridgehead atoms. The van der Waals surface area contributed by atoms with E-state index in [1.54, 1.807) is 17.6 Å². The minimum absolute atomic E-state index is 0.0988. The van der Waals surface area contributed by atoms with Crippen LogP contribution in [0.1, 0.15) is 59.4 Å². The van der Waals surface area contributed by atoms with Gasteiger partial charge in [-0.05, 0) is 84.7 Å². The molecule has 5 nitrogen and oxygen atoms in total. The Kier molecular flexibility index (Phi) is 6.91. The van der Waals surface area contributed by atoms with E-state index in [4.69, 9.17) is 21.0 Å². The van der Waals surface area contributed by atoms with Gasteiger partial charge in [0.1, 0.15) is 10.8 Å². The summed E-state index contributed by atoms with van der Waals surface area (Å²) >= 11 is 7.72. The lowest BCUT2D eigenvalue weighted by Gasteiger charge is -2.33. The molecule has 36 heavy (non-hydrogen) atoms. The van der Waals surface area contributed by atoms with E-state index in [0.717, 1.165) is 47.0 Å². The van der Waals surface area contributed by atoms with Crippen LogP contribution in [0.25, 0.3) is 5.69 Å². The maximum absolute atomic E-state index is 13.4. The fourth-order valence-corrected chi connectivity index (χ4v) is 6.16. The van der Waals surface area contributed by atoms with Crippen molar-refractivity contribution in [2.24, 2.45) is 16.3 Å². The van der Waals surface area contributed by atoms with E-state index in [2.05, 4.69) is 30.7 Å². The van der Waals surface area contributed by atoms with Crippen LogP contribution in [0.3, 0.4) is 0 Å². The average Bonchev–Trinajstić information content (AvgIpc) is 3.60. The molecule has 1 aromatic carbocycles. The molecule has 3 heterocycles. The molecule has 4 aromatic rings.